The average molecular weight is 331 g/mol. The highest BCUT2D eigenvalue weighted by atomic mass is 32.2. The van der Waals surface area contributed by atoms with Gasteiger partial charge in [0.25, 0.3) is 0 Å². The van der Waals surface area contributed by atoms with E-state index in [1.807, 2.05) is 13.0 Å². The molecule has 0 atom stereocenters. The summed E-state index contributed by atoms with van der Waals surface area (Å²) in [6, 6.07) is 12.0. The maximum atomic E-state index is 12.7. The summed E-state index contributed by atoms with van der Waals surface area (Å²) >= 11 is 0. The Morgan fingerprint density at radius 2 is 1.70 bits per heavy atom. The molecule has 0 radical (unpaired) electrons. The fourth-order valence-electron chi connectivity index (χ4n) is 2.74. The summed E-state index contributed by atoms with van der Waals surface area (Å²) in [6.07, 6.45) is 0. The highest BCUT2D eigenvalue weighted by molar-refractivity contribution is 7.91. The van der Waals surface area contributed by atoms with Crippen molar-refractivity contribution in [3.8, 4) is 0 Å². The minimum Gasteiger partial charge on any atom is -0.398 e. The molecule has 0 aromatic heterocycles. The van der Waals surface area contributed by atoms with Crippen LogP contribution in [0.15, 0.2) is 52.3 Å². The molecule has 0 amide bonds. The molecule has 0 unspecified atom stereocenters. The maximum Gasteiger partial charge on any atom is 0.208 e. The number of anilines is 2. The molecule has 3 N–H and O–H groups in total. The normalized spacial score (nSPS) is 15.6. The first-order chi connectivity index (χ1) is 11.0. The molecule has 5 nitrogen and oxygen atoms in total. The molecule has 3 rings (SSSR count). The number of hydrogen-bond donors (Lipinski definition) is 2. The van der Waals surface area contributed by atoms with Gasteiger partial charge in [-0.3, -0.25) is 0 Å². The Labute approximate surface area is 137 Å². The SMILES string of the molecule is Cc1ccc(S(=O)(=O)c2ccc(N3CCNCC3)cc2N)cc1. The van der Waals surface area contributed by atoms with Crippen LogP contribution >= 0.6 is 0 Å². The van der Waals surface area contributed by atoms with Crippen molar-refractivity contribution in [2.24, 2.45) is 0 Å². The Hall–Kier alpha value is -2.05. The lowest BCUT2D eigenvalue weighted by atomic mass is 10.2. The summed E-state index contributed by atoms with van der Waals surface area (Å²) in [6.45, 7) is 5.55. The number of benzene rings is 2. The third-order valence-corrected chi connectivity index (χ3v) is 5.94. The lowest BCUT2D eigenvalue weighted by molar-refractivity contribution is 0.588. The largest absolute Gasteiger partial charge is 0.398 e. The first-order valence-corrected chi connectivity index (χ1v) is 9.14. The highest BCUT2D eigenvalue weighted by Gasteiger charge is 2.21. The number of hydrogen-bond acceptors (Lipinski definition) is 5. The molecule has 2 aromatic rings. The molecule has 0 spiro atoms. The first kappa shape index (κ1) is 15.8. The zero-order valence-corrected chi connectivity index (χ0v) is 13.9. The third-order valence-electron chi connectivity index (χ3n) is 4.10. The van der Waals surface area contributed by atoms with E-state index in [0.29, 0.717) is 5.69 Å². The monoisotopic (exact) mass is 331 g/mol. The Balaban J connectivity index is 1.95. The van der Waals surface area contributed by atoms with E-state index in [0.717, 1.165) is 37.4 Å². The quantitative estimate of drug-likeness (QED) is 0.839. The van der Waals surface area contributed by atoms with Gasteiger partial charge in [-0.05, 0) is 37.3 Å². The lowest BCUT2D eigenvalue weighted by Gasteiger charge is -2.29. The lowest BCUT2D eigenvalue weighted by Crippen LogP contribution is -2.43. The topological polar surface area (TPSA) is 75.4 Å². The van der Waals surface area contributed by atoms with E-state index in [2.05, 4.69) is 10.2 Å². The highest BCUT2D eigenvalue weighted by Crippen LogP contribution is 2.29. The number of nitrogens with zero attached hydrogens (tertiary/aromatic N) is 1. The summed E-state index contributed by atoms with van der Waals surface area (Å²) in [4.78, 5) is 2.64. The molecule has 122 valence electrons. The molecule has 1 aliphatic heterocycles. The van der Waals surface area contributed by atoms with Crippen LogP contribution in [0.3, 0.4) is 0 Å². The summed E-state index contributed by atoms with van der Waals surface area (Å²) in [7, 11) is -3.59. The number of nitrogens with two attached hydrogens (primary N) is 1. The van der Waals surface area contributed by atoms with Crippen LogP contribution in [0.5, 0.6) is 0 Å². The van der Waals surface area contributed by atoms with E-state index in [9.17, 15) is 8.42 Å². The van der Waals surface area contributed by atoms with Crippen LogP contribution in [-0.2, 0) is 9.84 Å². The number of piperazine rings is 1. The van der Waals surface area contributed by atoms with Gasteiger partial charge in [0.1, 0.15) is 0 Å². The summed E-state index contributed by atoms with van der Waals surface area (Å²) in [5.41, 5.74) is 8.34. The maximum absolute atomic E-state index is 12.7. The van der Waals surface area contributed by atoms with Gasteiger partial charge in [-0.15, -0.1) is 0 Å². The second kappa shape index (κ2) is 6.22. The first-order valence-electron chi connectivity index (χ1n) is 7.65. The van der Waals surface area contributed by atoms with Crippen LogP contribution in [0.2, 0.25) is 0 Å². The van der Waals surface area contributed by atoms with Gasteiger partial charge in [-0.25, -0.2) is 8.42 Å². The van der Waals surface area contributed by atoms with Crippen LogP contribution in [0.25, 0.3) is 0 Å². The van der Waals surface area contributed by atoms with Gasteiger partial charge < -0.3 is 16.0 Å². The Morgan fingerprint density at radius 3 is 2.30 bits per heavy atom. The minimum absolute atomic E-state index is 0.167. The summed E-state index contributed by atoms with van der Waals surface area (Å²) < 4.78 is 25.5. The third kappa shape index (κ3) is 3.18. The zero-order chi connectivity index (χ0) is 16.4. The standard InChI is InChI=1S/C17H21N3O2S/c1-13-2-5-15(6-3-13)23(21,22)17-7-4-14(12-16(17)18)20-10-8-19-9-11-20/h2-7,12,19H,8-11,18H2,1H3. The molecule has 0 bridgehead atoms. The van der Waals surface area contributed by atoms with E-state index in [1.165, 1.54) is 0 Å². The molecule has 1 aliphatic rings. The van der Waals surface area contributed by atoms with Gasteiger partial charge in [-0.1, -0.05) is 17.7 Å². The summed E-state index contributed by atoms with van der Waals surface area (Å²) in [5.74, 6) is 0. The van der Waals surface area contributed by atoms with Gasteiger partial charge in [0.2, 0.25) is 9.84 Å². The molecular weight excluding hydrogens is 310 g/mol. The van der Waals surface area contributed by atoms with Crippen molar-refractivity contribution in [3.63, 3.8) is 0 Å². The van der Waals surface area contributed by atoms with Crippen molar-refractivity contribution in [2.45, 2.75) is 16.7 Å². The van der Waals surface area contributed by atoms with Crippen molar-refractivity contribution >= 4 is 21.2 Å². The van der Waals surface area contributed by atoms with E-state index in [-0.39, 0.29) is 9.79 Å². The van der Waals surface area contributed by atoms with Crippen molar-refractivity contribution in [1.29, 1.82) is 0 Å². The van der Waals surface area contributed by atoms with Gasteiger partial charge in [0.15, 0.2) is 0 Å². The van der Waals surface area contributed by atoms with Gasteiger partial charge >= 0.3 is 0 Å². The van der Waals surface area contributed by atoms with Gasteiger partial charge in [0, 0.05) is 31.9 Å². The molecule has 1 fully saturated rings. The molecule has 23 heavy (non-hydrogen) atoms. The number of rotatable bonds is 3. The number of sulfone groups is 1. The van der Waals surface area contributed by atoms with E-state index in [4.69, 9.17) is 5.73 Å². The summed E-state index contributed by atoms with van der Waals surface area (Å²) in [5, 5.41) is 3.29. The van der Waals surface area contributed by atoms with Crippen LogP contribution < -0.4 is 16.0 Å². The average Bonchev–Trinajstić information content (AvgIpc) is 2.56. The zero-order valence-electron chi connectivity index (χ0n) is 13.1. The van der Waals surface area contributed by atoms with Gasteiger partial charge in [0.05, 0.1) is 15.5 Å². The van der Waals surface area contributed by atoms with Crippen molar-refractivity contribution in [3.05, 3.63) is 48.0 Å². The van der Waals surface area contributed by atoms with Crippen molar-refractivity contribution in [2.75, 3.05) is 36.8 Å². The van der Waals surface area contributed by atoms with Crippen molar-refractivity contribution < 1.29 is 8.42 Å². The van der Waals surface area contributed by atoms with E-state index < -0.39 is 9.84 Å². The molecular formula is C17H21N3O2S. The molecule has 6 heteroatoms. The predicted octanol–water partition coefficient (Wildman–Crippen LogP) is 1.82. The van der Waals surface area contributed by atoms with E-state index >= 15 is 0 Å². The van der Waals surface area contributed by atoms with Crippen LogP contribution in [-0.4, -0.2) is 34.6 Å². The van der Waals surface area contributed by atoms with Crippen LogP contribution in [0, 0.1) is 6.92 Å². The van der Waals surface area contributed by atoms with Crippen molar-refractivity contribution in [1.82, 2.24) is 5.32 Å². The van der Waals surface area contributed by atoms with Crippen LogP contribution in [0.4, 0.5) is 11.4 Å². The van der Waals surface area contributed by atoms with E-state index in [1.54, 1.807) is 36.4 Å². The fraction of sp³-hybridized carbons (Fsp3) is 0.294. The Bertz CT molecular complexity index is 795. The Kier molecular flexibility index (Phi) is 4.28. The van der Waals surface area contributed by atoms with Crippen LogP contribution in [0.1, 0.15) is 5.56 Å². The second-order valence-corrected chi connectivity index (χ2v) is 7.69. The second-order valence-electron chi connectivity index (χ2n) is 5.78. The Morgan fingerprint density at radius 1 is 1.04 bits per heavy atom. The molecule has 1 saturated heterocycles. The number of aryl methyl sites for hydroxylation is 1. The number of nitrogen functional groups attached to an aromatic ring is 1. The molecule has 0 saturated carbocycles. The smallest absolute Gasteiger partial charge is 0.208 e. The predicted molar refractivity (Wildman–Crippen MR) is 92.6 cm³/mol. The molecule has 2 aromatic carbocycles. The number of nitrogens with one attached hydrogen (secondary N) is 1. The molecule has 1 heterocycles. The fourth-order valence-corrected chi connectivity index (χ4v) is 4.11. The molecule has 0 aliphatic carbocycles. The minimum atomic E-state index is -3.59. The van der Waals surface area contributed by atoms with Gasteiger partial charge in [-0.2, -0.15) is 0 Å².